The fraction of sp³-hybridized carbons (Fsp3) is 1.00. The predicted molar refractivity (Wildman–Crippen MR) is 60.2 cm³/mol. The number of nitrogens with zero attached hydrogens (tertiary/aromatic N) is 1. The van der Waals surface area contributed by atoms with E-state index < -0.39 is 18.3 Å². The van der Waals surface area contributed by atoms with E-state index in [1.54, 1.807) is 6.92 Å². The second-order valence-corrected chi connectivity index (χ2v) is 5.52. The number of alkyl halides is 3. The van der Waals surface area contributed by atoms with Crippen LogP contribution in [0.15, 0.2) is 0 Å². The normalized spacial score (nSPS) is 14.6. The van der Waals surface area contributed by atoms with Crippen molar-refractivity contribution >= 4 is 0 Å². The number of hydrogen-bond donors (Lipinski definition) is 1. The molecule has 98 valence electrons. The highest BCUT2D eigenvalue weighted by Gasteiger charge is 2.38. The molecule has 2 nitrogen and oxygen atoms in total. The van der Waals surface area contributed by atoms with Gasteiger partial charge in [0.1, 0.15) is 0 Å². The fourth-order valence-corrected chi connectivity index (χ4v) is 1.30. The summed E-state index contributed by atoms with van der Waals surface area (Å²) in [6, 6.07) is 0. The number of halogens is 3. The summed E-state index contributed by atoms with van der Waals surface area (Å²) >= 11 is 0. The Kier molecular flexibility index (Phi) is 4.83. The standard InChI is InChI=1S/C11H23F3N2/c1-6-16(8-11(12,13)14)7-9(2,3)10(4,5)15/h6-8,15H2,1-5H3. The van der Waals surface area contributed by atoms with Gasteiger partial charge in [-0.2, -0.15) is 13.2 Å². The molecular formula is C11H23F3N2. The molecule has 0 aliphatic heterocycles. The van der Waals surface area contributed by atoms with E-state index in [9.17, 15) is 13.2 Å². The average molecular weight is 240 g/mol. The first-order chi connectivity index (χ1) is 6.89. The van der Waals surface area contributed by atoms with Crippen LogP contribution in [-0.2, 0) is 0 Å². The lowest BCUT2D eigenvalue weighted by Gasteiger charge is -2.42. The van der Waals surface area contributed by atoms with Gasteiger partial charge in [-0.05, 0) is 25.8 Å². The third-order valence-electron chi connectivity index (χ3n) is 3.21. The quantitative estimate of drug-likeness (QED) is 0.800. The van der Waals surface area contributed by atoms with Gasteiger partial charge in [-0.1, -0.05) is 20.8 Å². The van der Waals surface area contributed by atoms with Crippen LogP contribution in [0.2, 0.25) is 0 Å². The maximum Gasteiger partial charge on any atom is 0.401 e. The average Bonchev–Trinajstić information content (AvgIpc) is 1.97. The minimum atomic E-state index is -4.15. The zero-order valence-corrected chi connectivity index (χ0v) is 10.8. The molecule has 0 amide bonds. The number of hydrogen-bond acceptors (Lipinski definition) is 2. The second kappa shape index (κ2) is 4.92. The van der Waals surface area contributed by atoms with Crippen LogP contribution in [0.1, 0.15) is 34.6 Å². The highest BCUT2D eigenvalue weighted by molar-refractivity contribution is 4.92. The Morgan fingerprint density at radius 3 is 1.69 bits per heavy atom. The highest BCUT2D eigenvalue weighted by Crippen LogP contribution is 2.30. The zero-order chi connectivity index (χ0) is 13.2. The first-order valence-electron chi connectivity index (χ1n) is 5.47. The molecule has 0 aromatic heterocycles. The van der Waals surface area contributed by atoms with Gasteiger partial charge in [0, 0.05) is 12.1 Å². The largest absolute Gasteiger partial charge is 0.401 e. The van der Waals surface area contributed by atoms with Crippen molar-refractivity contribution in [2.45, 2.75) is 46.3 Å². The SMILES string of the molecule is CCN(CC(F)(F)F)CC(C)(C)C(C)(C)N. The van der Waals surface area contributed by atoms with E-state index in [1.165, 1.54) is 4.90 Å². The molecule has 0 fully saturated rings. The van der Waals surface area contributed by atoms with Gasteiger partial charge in [0.2, 0.25) is 0 Å². The summed E-state index contributed by atoms with van der Waals surface area (Å²) < 4.78 is 36.9. The summed E-state index contributed by atoms with van der Waals surface area (Å²) in [7, 11) is 0. The van der Waals surface area contributed by atoms with E-state index in [0.29, 0.717) is 13.1 Å². The van der Waals surface area contributed by atoms with E-state index in [1.807, 2.05) is 27.7 Å². The number of rotatable bonds is 5. The molecule has 0 aromatic rings. The molecule has 0 saturated carbocycles. The molecule has 0 atom stereocenters. The maximum atomic E-state index is 12.3. The Bertz CT molecular complexity index is 216. The molecule has 0 aromatic carbocycles. The molecule has 0 heterocycles. The Morgan fingerprint density at radius 2 is 1.44 bits per heavy atom. The van der Waals surface area contributed by atoms with Gasteiger partial charge in [0.05, 0.1) is 6.54 Å². The van der Waals surface area contributed by atoms with Crippen molar-refractivity contribution in [2.24, 2.45) is 11.1 Å². The minimum absolute atomic E-state index is 0.340. The smallest absolute Gasteiger partial charge is 0.325 e. The minimum Gasteiger partial charge on any atom is -0.325 e. The molecule has 0 rings (SSSR count). The Labute approximate surface area is 96.0 Å². The molecule has 0 aliphatic rings. The van der Waals surface area contributed by atoms with Crippen molar-refractivity contribution in [3.05, 3.63) is 0 Å². The van der Waals surface area contributed by atoms with Crippen molar-refractivity contribution in [3.8, 4) is 0 Å². The van der Waals surface area contributed by atoms with E-state index in [-0.39, 0.29) is 5.41 Å². The Morgan fingerprint density at radius 1 is 1.00 bits per heavy atom. The van der Waals surface area contributed by atoms with Crippen molar-refractivity contribution < 1.29 is 13.2 Å². The lowest BCUT2D eigenvalue weighted by Crippen LogP contribution is -2.54. The van der Waals surface area contributed by atoms with Crippen LogP contribution in [0.4, 0.5) is 13.2 Å². The topological polar surface area (TPSA) is 29.3 Å². The molecule has 0 spiro atoms. The molecule has 16 heavy (non-hydrogen) atoms. The zero-order valence-electron chi connectivity index (χ0n) is 10.8. The van der Waals surface area contributed by atoms with Gasteiger partial charge >= 0.3 is 6.18 Å². The van der Waals surface area contributed by atoms with Crippen LogP contribution in [-0.4, -0.2) is 36.2 Å². The maximum absolute atomic E-state index is 12.3. The van der Waals surface area contributed by atoms with Crippen LogP contribution in [0.3, 0.4) is 0 Å². The first-order valence-corrected chi connectivity index (χ1v) is 5.47. The summed E-state index contributed by atoms with van der Waals surface area (Å²) in [4.78, 5) is 1.38. The summed E-state index contributed by atoms with van der Waals surface area (Å²) in [6.07, 6.45) is -4.15. The molecule has 0 bridgehead atoms. The van der Waals surface area contributed by atoms with E-state index in [2.05, 4.69) is 0 Å². The van der Waals surface area contributed by atoms with E-state index in [0.717, 1.165) is 0 Å². The molecule has 2 N–H and O–H groups in total. The van der Waals surface area contributed by atoms with Crippen LogP contribution < -0.4 is 5.73 Å². The Hall–Kier alpha value is -0.290. The van der Waals surface area contributed by atoms with E-state index in [4.69, 9.17) is 5.73 Å². The van der Waals surface area contributed by atoms with Gasteiger partial charge in [0.25, 0.3) is 0 Å². The van der Waals surface area contributed by atoms with Crippen LogP contribution in [0.5, 0.6) is 0 Å². The molecular weight excluding hydrogens is 217 g/mol. The van der Waals surface area contributed by atoms with Crippen molar-refractivity contribution in [1.29, 1.82) is 0 Å². The lowest BCUT2D eigenvalue weighted by molar-refractivity contribution is -0.149. The molecule has 0 unspecified atom stereocenters. The highest BCUT2D eigenvalue weighted by atomic mass is 19.4. The monoisotopic (exact) mass is 240 g/mol. The van der Waals surface area contributed by atoms with Gasteiger partial charge in [0.15, 0.2) is 0 Å². The predicted octanol–water partition coefficient (Wildman–Crippen LogP) is 2.63. The van der Waals surface area contributed by atoms with Crippen LogP contribution in [0.25, 0.3) is 0 Å². The van der Waals surface area contributed by atoms with Crippen LogP contribution >= 0.6 is 0 Å². The summed E-state index contributed by atoms with van der Waals surface area (Å²) in [5.74, 6) is 0. The molecule has 0 aliphatic carbocycles. The molecule has 5 heteroatoms. The molecule has 0 radical (unpaired) electrons. The summed E-state index contributed by atoms with van der Waals surface area (Å²) in [5, 5.41) is 0. The fourth-order valence-electron chi connectivity index (χ4n) is 1.30. The Balaban J connectivity index is 4.55. The van der Waals surface area contributed by atoms with Crippen molar-refractivity contribution in [1.82, 2.24) is 4.90 Å². The first kappa shape index (κ1) is 15.7. The van der Waals surface area contributed by atoms with Crippen molar-refractivity contribution in [2.75, 3.05) is 19.6 Å². The number of nitrogens with two attached hydrogens (primary N) is 1. The van der Waals surface area contributed by atoms with Gasteiger partial charge in [-0.15, -0.1) is 0 Å². The third kappa shape index (κ3) is 5.16. The van der Waals surface area contributed by atoms with Crippen LogP contribution in [0, 0.1) is 5.41 Å². The summed E-state index contributed by atoms with van der Waals surface area (Å²) in [5.41, 5.74) is 5.10. The third-order valence-corrected chi connectivity index (χ3v) is 3.21. The second-order valence-electron chi connectivity index (χ2n) is 5.52. The van der Waals surface area contributed by atoms with Crippen molar-refractivity contribution in [3.63, 3.8) is 0 Å². The van der Waals surface area contributed by atoms with Gasteiger partial charge < -0.3 is 5.73 Å². The van der Waals surface area contributed by atoms with Gasteiger partial charge in [-0.25, -0.2) is 0 Å². The summed E-state index contributed by atoms with van der Waals surface area (Å²) in [6.45, 7) is 9.04. The van der Waals surface area contributed by atoms with E-state index >= 15 is 0 Å². The lowest BCUT2D eigenvalue weighted by atomic mass is 9.75. The molecule has 0 saturated heterocycles. The van der Waals surface area contributed by atoms with Gasteiger partial charge in [-0.3, -0.25) is 4.90 Å².